The normalized spacial score (nSPS) is 42.7. The Kier molecular flexibility index (Phi) is 11.5. The first-order valence-corrected chi connectivity index (χ1v) is 21.6. The summed E-state index contributed by atoms with van der Waals surface area (Å²) in [6, 6.07) is 0. The molecule has 0 aromatic rings. The topological polar surface area (TPSA) is 127 Å². The van der Waals surface area contributed by atoms with Gasteiger partial charge in [-0.3, -0.25) is 19.4 Å². The van der Waals surface area contributed by atoms with E-state index in [1.165, 1.54) is 0 Å². The van der Waals surface area contributed by atoms with Crippen molar-refractivity contribution < 1.29 is 38.4 Å². The lowest BCUT2D eigenvalue weighted by Crippen LogP contribution is -2.67. The highest BCUT2D eigenvalue weighted by Gasteiger charge is 2.72. The molecule has 306 valence electrons. The Morgan fingerprint density at radius 2 is 1.48 bits per heavy atom. The predicted molar refractivity (Wildman–Crippen MR) is 205 cm³/mol. The van der Waals surface area contributed by atoms with Crippen molar-refractivity contribution in [1.29, 1.82) is 0 Å². The second-order valence-corrected chi connectivity index (χ2v) is 20.0. The molecular weight excluding hydrogens is 686 g/mol. The molecule has 11 nitrogen and oxygen atoms in total. The highest BCUT2D eigenvalue weighted by Crippen LogP contribution is 2.77. The molecule has 54 heavy (non-hydrogen) atoms. The van der Waals surface area contributed by atoms with Gasteiger partial charge in [0.15, 0.2) is 0 Å². The van der Waals surface area contributed by atoms with Crippen LogP contribution in [0.1, 0.15) is 106 Å². The number of hydrogen-bond acceptors (Lipinski definition) is 9. The summed E-state index contributed by atoms with van der Waals surface area (Å²) >= 11 is 0. The Morgan fingerprint density at radius 3 is 2.17 bits per heavy atom. The molecule has 2 aliphatic heterocycles. The third-order valence-corrected chi connectivity index (χ3v) is 17.6. The Bertz CT molecular complexity index is 1380. The smallest absolute Gasteiger partial charge is 0.407 e. The van der Waals surface area contributed by atoms with E-state index in [-0.39, 0.29) is 64.1 Å². The monoisotopic (exact) mass is 758 g/mol. The number of rotatable bonds is 10. The zero-order valence-electron chi connectivity index (χ0n) is 34.3. The highest BCUT2D eigenvalue weighted by atomic mass is 16.6. The number of fused-ring (bicyclic) bond motifs is 7. The summed E-state index contributed by atoms with van der Waals surface area (Å²) in [5, 5.41) is 14.0. The molecule has 5 unspecified atom stereocenters. The van der Waals surface area contributed by atoms with E-state index in [9.17, 15) is 19.5 Å². The van der Waals surface area contributed by atoms with Crippen LogP contribution in [0.5, 0.6) is 0 Å². The van der Waals surface area contributed by atoms with Crippen molar-refractivity contribution in [1.82, 2.24) is 15.1 Å². The quantitative estimate of drug-likeness (QED) is 0.253. The lowest BCUT2D eigenvalue weighted by atomic mass is 9.32. The van der Waals surface area contributed by atoms with Gasteiger partial charge in [-0.05, 0) is 116 Å². The maximum Gasteiger partial charge on any atom is 0.407 e. The van der Waals surface area contributed by atoms with Gasteiger partial charge in [0.1, 0.15) is 6.10 Å². The molecule has 0 aromatic carbocycles. The Balaban J connectivity index is 1.04. The maximum absolute atomic E-state index is 13.4. The minimum absolute atomic E-state index is 0.0285. The lowest BCUT2D eigenvalue weighted by Gasteiger charge is -2.72. The minimum atomic E-state index is -0.689. The van der Waals surface area contributed by atoms with Crippen molar-refractivity contribution in [2.45, 2.75) is 112 Å². The first kappa shape index (κ1) is 40.3. The van der Waals surface area contributed by atoms with Crippen molar-refractivity contribution in [3.63, 3.8) is 0 Å². The molecule has 5 saturated carbocycles. The van der Waals surface area contributed by atoms with Crippen LogP contribution < -0.4 is 5.32 Å². The standard InChI is InChI=1S/C43H71N3O8/c1-29(28-53-35(47)27-46-21-25-52-26-22-46)30-9-14-43(37(48)49)16-15-41(5)31(36(30)43)7-8-33-40(4)12-11-34(39(2,3)32(40)10-13-42(33,41)6)54-38(50)44-17-18-45-19-23-51-24-20-45/h29-34,36H,7-28H2,1-6H3,(H,44,50)(H,48,49)/t29?,30-,31?,32?,33?,34+,36?,40-,41+,42+,43-/m0/s1. The van der Waals surface area contributed by atoms with E-state index in [1.807, 2.05) is 0 Å². The number of hydrogen-bond donors (Lipinski definition) is 2. The van der Waals surface area contributed by atoms with Crippen LogP contribution in [-0.2, 0) is 28.5 Å². The van der Waals surface area contributed by atoms with E-state index >= 15 is 0 Å². The van der Waals surface area contributed by atoms with Crippen LogP contribution in [0.15, 0.2) is 0 Å². The van der Waals surface area contributed by atoms with Gasteiger partial charge in [-0.1, -0.05) is 41.5 Å². The third-order valence-electron chi connectivity index (χ3n) is 17.6. The summed E-state index contributed by atoms with van der Waals surface area (Å²) < 4.78 is 23.1. The summed E-state index contributed by atoms with van der Waals surface area (Å²) in [7, 11) is 0. The van der Waals surface area contributed by atoms with Gasteiger partial charge in [-0.15, -0.1) is 0 Å². The van der Waals surface area contributed by atoms with Crippen LogP contribution in [0.3, 0.4) is 0 Å². The number of carbonyl (C=O) groups is 3. The number of amides is 1. The zero-order chi connectivity index (χ0) is 38.5. The molecule has 5 aliphatic carbocycles. The van der Waals surface area contributed by atoms with Gasteiger partial charge >= 0.3 is 18.0 Å². The van der Waals surface area contributed by atoms with Crippen LogP contribution >= 0.6 is 0 Å². The van der Waals surface area contributed by atoms with Crippen LogP contribution in [0, 0.1) is 62.6 Å². The number of esters is 1. The number of nitrogens with one attached hydrogen (secondary N) is 1. The van der Waals surface area contributed by atoms with E-state index in [2.05, 4.69) is 56.7 Å². The van der Waals surface area contributed by atoms with Gasteiger partial charge in [0.25, 0.3) is 0 Å². The van der Waals surface area contributed by atoms with Crippen molar-refractivity contribution in [2.24, 2.45) is 62.6 Å². The first-order chi connectivity index (χ1) is 25.7. The molecule has 11 atom stereocenters. The van der Waals surface area contributed by atoms with Gasteiger partial charge in [-0.2, -0.15) is 0 Å². The molecule has 7 aliphatic rings. The number of nitrogens with zero attached hydrogens (tertiary/aromatic N) is 2. The molecule has 2 heterocycles. The first-order valence-electron chi connectivity index (χ1n) is 21.6. The van der Waals surface area contributed by atoms with Gasteiger partial charge in [-0.25, -0.2) is 4.79 Å². The number of alkyl carbamates (subject to hydrolysis) is 1. The summed E-state index contributed by atoms with van der Waals surface area (Å²) in [5.74, 6) is 0.926. The second-order valence-electron chi connectivity index (χ2n) is 20.0. The molecule has 7 rings (SSSR count). The molecule has 0 radical (unpaired) electrons. The molecule has 1 amide bonds. The second kappa shape index (κ2) is 15.4. The van der Waals surface area contributed by atoms with E-state index in [4.69, 9.17) is 18.9 Å². The fraction of sp³-hybridized carbons (Fsp3) is 0.930. The van der Waals surface area contributed by atoms with Crippen LogP contribution in [0.2, 0.25) is 0 Å². The molecule has 0 bridgehead atoms. The SMILES string of the molecule is CC(COC(=O)CN1CCOCC1)[C@@H]1CC[C@]2(C(=O)O)CC[C@]3(C)C(CCC4[C@@]5(C)CC[C@@H](OC(=O)NCCN6CCOCC6)C(C)(C)C5CC[C@]43C)C12. The van der Waals surface area contributed by atoms with Crippen LogP contribution in [-0.4, -0.2) is 118 Å². The maximum atomic E-state index is 13.4. The fourth-order valence-electron chi connectivity index (χ4n) is 14.5. The van der Waals surface area contributed by atoms with Crippen molar-refractivity contribution in [3.05, 3.63) is 0 Å². The largest absolute Gasteiger partial charge is 0.481 e. The van der Waals surface area contributed by atoms with E-state index in [0.717, 1.165) is 110 Å². The summed E-state index contributed by atoms with van der Waals surface area (Å²) in [6.45, 7) is 22.7. The molecule has 7 fully saturated rings. The summed E-state index contributed by atoms with van der Waals surface area (Å²) in [6.07, 6.45) is 9.23. The van der Waals surface area contributed by atoms with Crippen LogP contribution in [0.25, 0.3) is 0 Å². The van der Waals surface area contributed by atoms with Crippen molar-refractivity contribution >= 4 is 18.0 Å². The number of carbonyl (C=O) groups excluding carboxylic acids is 2. The van der Waals surface area contributed by atoms with Gasteiger partial charge in [0, 0.05) is 44.7 Å². The Labute approximate surface area is 324 Å². The summed E-state index contributed by atoms with van der Waals surface area (Å²) in [4.78, 5) is 43.8. The average Bonchev–Trinajstić information content (AvgIpc) is 3.54. The molecule has 11 heteroatoms. The van der Waals surface area contributed by atoms with Gasteiger partial charge in [0.2, 0.25) is 0 Å². The molecule has 0 spiro atoms. The lowest BCUT2D eigenvalue weighted by molar-refractivity contribution is -0.249. The number of aliphatic carboxylic acids is 1. The number of ether oxygens (including phenoxy) is 4. The minimum Gasteiger partial charge on any atom is -0.481 e. The molecule has 2 saturated heterocycles. The van der Waals surface area contributed by atoms with Crippen molar-refractivity contribution in [3.8, 4) is 0 Å². The third kappa shape index (κ3) is 6.91. The average molecular weight is 758 g/mol. The number of morpholine rings is 2. The van der Waals surface area contributed by atoms with Gasteiger partial charge < -0.3 is 29.4 Å². The number of carboxylic acid groups (broad SMARTS) is 1. The van der Waals surface area contributed by atoms with E-state index < -0.39 is 11.4 Å². The molecule has 0 aromatic heterocycles. The Morgan fingerprint density at radius 1 is 0.796 bits per heavy atom. The van der Waals surface area contributed by atoms with Crippen molar-refractivity contribution in [2.75, 3.05) is 78.8 Å². The fourth-order valence-corrected chi connectivity index (χ4v) is 14.5. The predicted octanol–water partition coefficient (Wildman–Crippen LogP) is 6.09. The molecular formula is C43H71N3O8. The summed E-state index contributed by atoms with van der Waals surface area (Å²) in [5.41, 5.74) is -0.598. The number of carboxylic acids is 1. The van der Waals surface area contributed by atoms with Gasteiger partial charge in [0.05, 0.1) is 45.0 Å². The van der Waals surface area contributed by atoms with E-state index in [0.29, 0.717) is 44.1 Å². The zero-order valence-corrected chi connectivity index (χ0v) is 34.3. The highest BCUT2D eigenvalue weighted by molar-refractivity contribution is 5.76. The van der Waals surface area contributed by atoms with E-state index in [1.54, 1.807) is 0 Å². The van der Waals surface area contributed by atoms with Crippen LogP contribution in [0.4, 0.5) is 4.79 Å². The Hall–Kier alpha value is -1.95. The molecule has 2 N–H and O–H groups in total.